The number of hydrogen-bond acceptors (Lipinski definition) is 4. The second kappa shape index (κ2) is 5.42. The van der Waals surface area contributed by atoms with Crippen LogP contribution in [-0.4, -0.2) is 25.6 Å². The van der Waals surface area contributed by atoms with Gasteiger partial charge in [-0.1, -0.05) is 13.8 Å². The van der Waals surface area contributed by atoms with Crippen LogP contribution >= 0.6 is 0 Å². The van der Waals surface area contributed by atoms with Crippen LogP contribution in [0.2, 0.25) is 0 Å². The fourth-order valence-electron chi connectivity index (χ4n) is 2.08. The molecule has 0 aliphatic rings. The molecule has 104 valence electrons. The summed E-state index contributed by atoms with van der Waals surface area (Å²) in [4.78, 5) is 15.9. The molecule has 0 aromatic carbocycles. The van der Waals surface area contributed by atoms with Gasteiger partial charge in [0, 0.05) is 12.1 Å². The summed E-state index contributed by atoms with van der Waals surface area (Å²) in [5, 5.41) is 9.75. The Kier molecular flexibility index (Phi) is 3.87. The van der Waals surface area contributed by atoms with Crippen molar-refractivity contribution in [1.82, 2.24) is 19.6 Å². The molecule has 2 aromatic rings. The molecule has 2 heterocycles. The summed E-state index contributed by atoms with van der Waals surface area (Å²) < 4.78 is 1.46. The molecule has 19 heavy (non-hydrogen) atoms. The SMILES string of the molecule is Cc1nc(NC(C)CCC(C)C)cc2n[nH]c(=O)n12. The Morgan fingerprint density at radius 2 is 2.11 bits per heavy atom. The predicted octanol–water partition coefficient (Wildman–Crippen LogP) is 1.96. The lowest BCUT2D eigenvalue weighted by molar-refractivity contribution is 0.527. The summed E-state index contributed by atoms with van der Waals surface area (Å²) in [6.07, 6.45) is 2.27. The highest BCUT2D eigenvalue weighted by Crippen LogP contribution is 2.13. The Morgan fingerprint density at radius 3 is 2.79 bits per heavy atom. The Balaban J connectivity index is 2.15. The monoisotopic (exact) mass is 263 g/mol. The highest BCUT2D eigenvalue weighted by atomic mass is 16.1. The predicted molar refractivity (Wildman–Crippen MR) is 75.5 cm³/mol. The molecule has 0 bridgehead atoms. The van der Waals surface area contributed by atoms with Gasteiger partial charge < -0.3 is 5.32 Å². The quantitative estimate of drug-likeness (QED) is 0.864. The third-order valence-electron chi connectivity index (χ3n) is 3.14. The van der Waals surface area contributed by atoms with Gasteiger partial charge in [-0.3, -0.25) is 0 Å². The Hall–Kier alpha value is -1.85. The van der Waals surface area contributed by atoms with Crippen molar-refractivity contribution < 1.29 is 0 Å². The maximum absolute atomic E-state index is 11.5. The van der Waals surface area contributed by atoms with Crippen LogP contribution in [0.1, 0.15) is 39.4 Å². The van der Waals surface area contributed by atoms with Crippen molar-refractivity contribution in [3.63, 3.8) is 0 Å². The highest BCUT2D eigenvalue weighted by molar-refractivity contribution is 5.49. The summed E-state index contributed by atoms with van der Waals surface area (Å²) in [5.41, 5.74) is 0.343. The van der Waals surface area contributed by atoms with Gasteiger partial charge in [0.2, 0.25) is 0 Å². The number of anilines is 1. The molecule has 0 amide bonds. The number of aromatic amines is 1. The summed E-state index contributed by atoms with van der Waals surface area (Å²) in [6.45, 7) is 8.38. The lowest BCUT2D eigenvalue weighted by Crippen LogP contribution is -2.19. The summed E-state index contributed by atoms with van der Waals surface area (Å²) in [7, 11) is 0. The number of aryl methyl sites for hydroxylation is 1. The van der Waals surface area contributed by atoms with Gasteiger partial charge in [-0.05, 0) is 32.6 Å². The number of hydrogen-bond donors (Lipinski definition) is 2. The number of rotatable bonds is 5. The van der Waals surface area contributed by atoms with Crippen molar-refractivity contribution in [3.8, 4) is 0 Å². The molecular formula is C13H21N5O. The Labute approximate surface area is 112 Å². The number of nitrogens with zero attached hydrogens (tertiary/aromatic N) is 3. The largest absolute Gasteiger partial charge is 0.367 e. The van der Waals surface area contributed by atoms with Crippen LogP contribution in [0.5, 0.6) is 0 Å². The molecule has 0 radical (unpaired) electrons. The van der Waals surface area contributed by atoms with E-state index in [-0.39, 0.29) is 5.69 Å². The normalized spacial score (nSPS) is 13.1. The molecule has 6 nitrogen and oxygen atoms in total. The van der Waals surface area contributed by atoms with E-state index in [1.165, 1.54) is 10.8 Å². The highest BCUT2D eigenvalue weighted by Gasteiger charge is 2.09. The number of aromatic nitrogens is 4. The average Bonchev–Trinajstić information content (AvgIpc) is 2.68. The third-order valence-corrected chi connectivity index (χ3v) is 3.14. The molecule has 0 saturated heterocycles. The average molecular weight is 263 g/mol. The van der Waals surface area contributed by atoms with E-state index >= 15 is 0 Å². The Morgan fingerprint density at radius 1 is 1.37 bits per heavy atom. The zero-order valence-electron chi connectivity index (χ0n) is 11.9. The Bertz CT molecular complexity index is 613. The molecule has 1 atom stereocenters. The van der Waals surface area contributed by atoms with Crippen LogP contribution in [0.25, 0.3) is 5.65 Å². The van der Waals surface area contributed by atoms with Crippen LogP contribution in [0, 0.1) is 12.8 Å². The van der Waals surface area contributed by atoms with Gasteiger partial charge in [-0.15, -0.1) is 0 Å². The summed E-state index contributed by atoms with van der Waals surface area (Å²) in [6, 6.07) is 2.14. The van der Waals surface area contributed by atoms with E-state index in [9.17, 15) is 4.79 Å². The minimum atomic E-state index is -0.251. The maximum Gasteiger partial charge on any atom is 0.349 e. The first-order valence-electron chi connectivity index (χ1n) is 6.68. The number of fused-ring (bicyclic) bond motifs is 1. The van der Waals surface area contributed by atoms with E-state index in [0.717, 1.165) is 12.2 Å². The summed E-state index contributed by atoms with van der Waals surface area (Å²) in [5.74, 6) is 2.10. The first-order chi connectivity index (χ1) is 8.97. The fraction of sp³-hybridized carbons (Fsp3) is 0.615. The molecule has 1 unspecified atom stereocenters. The van der Waals surface area contributed by atoms with E-state index in [0.29, 0.717) is 23.4 Å². The van der Waals surface area contributed by atoms with E-state index in [1.54, 1.807) is 13.0 Å². The first-order valence-corrected chi connectivity index (χ1v) is 6.68. The first kappa shape index (κ1) is 13.6. The molecule has 2 rings (SSSR count). The van der Waals surface area contributed by atoms with Gasteiger partial charge in [0.05, 0.1) is 0 Å². The van der Waals surface area contributed by atoms with E-state index in [2.05, 4.69) is 41.3 Å². The zero-order chi connectivity index (χ0) is 14.0. The fourth-order valence-corrected chi connectivity index (χ4v) is 2.08. The van der Waals surface area contributed by atoms with Gasteiger partial charge >= 0.3 is 5.69 Å². The van der Waals surface area contributed by atoms with Crippen molar-refractivity contribution in [1.29, 1.82) is 0 Å². The molecule has 6 heteroatoms. The molecular weight excluding hydrogens is 242 g/mol. The van der Waals surface area contributed by atoms with Crippen LogP contribution in [-0.2, 0) is 0 Å². The second-order valence-corrected chi connectivity index (χ2v) is 5.43. The van der Waals surface area contributed by atoms with Gasteiger partial charge in [0.25, 0.3) is 0 Å². The van der Waals surface area contributed by atoms with Crippen LogP contribution in [0.15, 0.2) is 10.9 Å². The van der Waals surface area contributed by atoms with Gasteiger partial charge in [0.1, 0.15) is 11.6 Å². The molecule has 2 N–H and O–H groups in total. The van der Waals surface area contributed by atoms with E-state index in [4.69, 9.17) is 0 Å². The molecule has 0 aliphatic carbocycles. The van der Waals surface area contributed by atoms with Crippen molar-refractivity contribution in [2.75, 3.05) is 5.32 Å². The molecule has 0 fully saturated rings. The second-order valence-electron chi connectivity index (χ2n) is 5.43. The van der Waals surface area contributed by atoms with Gasteiger partial charge in [-0.25, -0.2) is 19.3 Å². The van der Waals surface area contributed by atoms with Gasteiger partial charge in [0.15, 0.2) is 5.65 Å². The minimum absolute atomic E-state index is 0.251. The smallest absolute Gasteiger partial charge is 0.349 e. The lowest BCUT2D eigenvalue weighted by Gasteiger charge is -2.16. The van der Waals surface area contributed by atoms with Crippen LogP contribution in [0.3, 0.4) is 0 Å². The summed E-state index contributed by atoms with van der Waals surface area (Å²) >= 11 is 0. The molecule has 0 saturated carbocycles. The standard InChI is InChI=1S/C13H21N5O/c1-8(2)5-6-9(3)14-11-7-12-16-17-13(19)18(12)10(4)15-11/h7-9,14H,5-6H2,1-4H3,(H,17,19). The molecule has 2 aromatic heterocycles. The van der Waals surface area contributed by atoms with E-state index < -0.39 is 0 Å². The topological polar surface area (TPSA) is 75.1 Å². The van der Waals surface area contributed by atoms with Crippen LogP contribution in [0.4, 0.5) is 5.82 Å². The molecule has 0 aliphatic heterocycles. The van der Waals surface area contributed by atoms with Crippen molar-refractivity contribution >= 4 is 11.5 Å². The zero-order valence-corrected chi connectivity index (χ0v) is 11.9. The van der Waals surface area contributed by atoms with E-state index in [1.807, 2.05) is 0 Å². The number of H-pyrrole nitrogens is 1. The number of nitrogens with one attached hydrogen (secondary N) is 2. The minimum Gasteiger partial charge on any atom is -0.367 e. The van der Waals surface area contributed by atoms with Crippen LogP contribution < -0.4 is 11.0 Å². The van der Waals surface area contributed by atoms with Crippen molar-refractivity contribution in [3.05, 3.63) is 22.4 Å². The van der Waals surface area contributed by atoms with Crippen molar-refractivity contribution in [2.24, 2.45) is 5.92 Å². The molecule has 0 spiro atoms. The van der Waals surface area contributed by atoms with Gasteiger partial charge in [-0.2, -0.15) is 5.10 Å². The third kappa shape index (κ3) is 3.13. The van der Waals surface area contributed by atoms with Crippen molar-refractivity contribution in [2.45, 2.75) is 46.6 Å². The maximum atomic E-state index is 11.5. The lowest BCUT2D eigenvalue weighted by atomic mass is 10.0.